The van der Waals surface area contributed by atoms with Gasteiger partial charge in [0.2, 0.25) is 5.91 Å². The summed E-state index contributed by atoms with van der Waals surface area (Å²) in [5, 5.41) is 14.5. The van der Waals surface area contributed by atoms with Gasteiger partial charge in [0.1, 0.15) is 0 Å². The third-order valence-corrected chi connectivity index (χ3v) is 4.21. The summed E-state index contributed by atoms with van der Waals surface area (Å²) in [5.41, 5.74) is 0.583. The van der Waals surface area contributed by atoms with E-state index in [2.05, 4.69) is 5.32 Å². The molecule has 0 saturated carbocycles. The molecule has 2 saturated heterocycles. The van der Waals surface area contributed by atoms with Crippen molar-refractivity contribution in [3.05, 3.63) is 29.3 Å². The minimum atomic E-state index is -1.21. The van der Waals surface area contributed by atoms with Gasteiger partial charge in [0.05, 0.1) is 18.1 Å². The molecule has 1 N–H and O–H groups in total. The van der Waals surface area contributed by atoms with Crippen molar-refractivity contribution in [2.24, 2.45) is 11.8 Å². The van der Waals surface area contributed by atoms with E-state index in [1.54, 1.807) is 24.3 Å². The van der Waals surface area contributed by atoms with Gasteiger partial charge in [-0.1, -0.05) is 11.6 Å². The Morgan fingerprint density at radius 1 is 1.15 bits per heavy atom. The van der Waals surface area contributed by atoms with Crippen LogP contribution in [0.2, 0.25) is 5.02 Å². The highest BCUT2D eigenvalue weighted by molar-refractivity contribution is 6.30. The number of carbonyl (C=O) groups is 2. The van der Waals surface area contributed by atoms with Gasteiger partial charge >= 0.3 is 0 Å². The highest BCUT2D eigenvalue weighted by atomic mass is 35.5. The Balaban J connectivity index is 1.76. The molecule has 2 aliphatic heterocycles. The number of rotatable bonds is 3. The predicted molar refractivity (Wildman–Crippen MR) is 70.0 cm³/mol. The fraction of sp³-hybridized carbons (Fsp3) is 0.429. The molecule has 4 atom stereocenters. The molecule has 2 bridgehead atoms. The molecule has 2 aliphatic rings. The standard InChI is InChI=1S/C14H14ClNO4/c15-7-1-3-8(4-2-7)16-13(17)11-9-5-6-10(20-9)12(11)14(18)19/h1-4,9-12H,5-6H2,(H,16,17)(H,18,19)/p-1/t9-,10+,11+,12-/m0/s1. The number of ether oxygens (including phenoxy) is 1. The van der Waals surface area contributed by atoms with E-state index in [-0.39, 0.29) is 12.0 Å². The first-order valence-electron chi connectivity index (χ1n) is 6.49. The van der Waals surface area contributed by atoms with Gasteiger partial charge in [0.15, 0.2) is 0 Å². The maximum absolute atomic E-state index is 12.3. The Labute approximate surface area is 120 Å². The SMILES string of the molecule is O=C([O-])[C@@H]1[C@H](C(=O)Nc2ccc(Cl)cc2)[C@@H]2CC[C@H]1O2. The molecule has 1 amide bonds. The van der Waals surface area contributed by atoms with Crippen LogP contribution in [-0.2, 0) is 14.3 Å². The summed E-state index contributed by atoms with van der Waals surface area (Å²) in [4.78, 5) is 23.5. The van der Waals surface area contributed by atoms with E-state index in [0.29, 0.717) is 23.6 Å². The van der Waals surface area contributed by atoms with Gasteiger partial charge in [-0.2, -0.15) is 0 Å². The molecule has 2 heterocycles. The molecule has 0 radical (unpaired) electrons. The van der Waals surface area contributed by atoms with E-state index in [9.17, 15) is 14.7 Å². The van der Waals surface area contributed by atoms with Crippen LogP contribution in [0.15, 0.2) is 24.3 Å². The van der Waals surface area contributed by atoms with Crippen molar-refractivity contribution in [2.75, 3.05) is 5.32 Å². The number of hydrogen-bond acceptors (Lipinski definition) is 4. The zero-order valence-corrected chi connectivity index (χ0v) is 11.3. The van der Waals surface area contributed by atoms with Gasteiger partial charge in [0.25, 0.3) is 0 Å². The molecule has 0 spiro atoms. The highest BCUT2D eigenvalue weighted by Gasteiger charge is 2.52. The number of carboxylic acid groups (broad SMARTS) is 1. The van der Waals surface area contributed by atoms with E-state index < -0.39 is 23.9 Å². The average Bonchev–Trinajstić information content (AvgIpc) is 3.01. The topological polar surface area (TPSA) is 78.5 Å². The van der Waals surface area contributed by atoms with Crippen LogP contribution in [0.25, 0.3) is 0 Å². The van der Waals surface area contributed by atoms with Crippen molar-refractivity contribution >= 4 is 29.2 Å². The summed E-state index contributed by atoms with van der Waals surface area (Å²) in [7, 11) is 0. The van der Waals surface area contributed by atoms with Crippen molar-refractivity contribution in [1.29, 1.82) is 0 Å². The van der Waals surface area contributed by atoms with Gasteiger partial charge in [-0.25, -0.2) is 0 Å². The summed E-state index contributed by atoms with van der Waals surface area (Å²) in [6.45, 7) is 0. The minimum absolute atomic E-state index is 0.324. The predicted octanol–water partition coefficient (Wildman–Crippen LogP) is 0.822. The summed E-state index contributed by atoms with van der Waals surface area (Å²) >= 11 is 5.77. The molecule has 106 valence electrons. The zero-order chi connectivity index (χ0) is 14.3. The molecular formula is C14H13ClNO4-. The monoisotopic (exact) mass is 294 g/mol. The first-order chi connectivity index (χ1) is 9.56. The lowest BCUT2D eigenvalue weighted by atomic mass is 9.78. The molecule has 6 heteroatoms. The Morgan fingerprint density at radius 3 is 2.35 bits per heavy atom. The van der Waals surface area contributed by atoms with Gasteiger partial charge in [-0.15, -0.1) is 0 Å². The molecule has 1 aromatic carbocycles. The van der Waals surface area contributed by atoms with Crippen LogP contribution < -0.4 is 10.4 Å². The number of fused-ring (bicyclic) bond motifs is 2. The summed E-state index contributed by atoms with van der Waals surface area (Å²) in [5.74, 6) is -3.10. The van der Waals surface area contributed by atoms with Crippen molar-refractivity contribution in [3.8, 4) is 0 Å². The number of nitrogens with one attached hydrogen (secondary N) is 1. The van der Waals surface area contributed by atoms with E-state index in [1.807, 2.05) is 0 Å². The van der Waals surface area contributed by atoms with Gasteiger partial charge in [-0.05, 0) is 37.1 Å². The van der Waals surface area contributed by atoms with Gasteiger partial charge < -0.3 is 20.0 Å². The Kier molecular flexibility index (Phi) is 3.40. The number of anilines is 1. The van der Waals surface area contributed by atoms with E-state index in [4.69, 9.17) is 16.3 Å². The minimum Gasteiger partial charge on any atom is -0.550 e. The maximum atomic E-state index is 12.3. The summed E-state index contributed by atoms with van der Waals surface area (Å²) in [6, 6.07) is 6.65. The van der Waals surface area contributed by atoms with Gasteiger partial charge in [0, 0.05) is 22.6 Å². The third-order valence-electron chi connectivity index (χ3n) is 3.96. The molecule has 20 heavy (non-hydrogen) atoms. The van der Waals surface area contributed by atoms with Gasteiger partial charge in [-0.3, -0.25) is 4.79 Å². The number of carbonyl (C=O) groups excluding carboxylic acids is 2. The third kappa shape index (κ3) is 2.27. The molecule has 5 nitrogen and oxygen atoms in total. The zero-order valence-electron chi connectivity index (χ0n) is 10.5. The first-order valence-corrected chi connectivity index (χ1v) is 6.87. The van der Waals surface area contributed by atoms with E-state index >= 15 is 0 Å². The number of aliphatic carboxylic acids is 1. The first kappa shape index (κ1) is 13.4. The van der Waals surface area contributed by atoms with Crippen LogP contribution in [0.1, 0.15) is 12.8 Å². The Hall–Kier alpha value is -1.59. The number of benzene rings is 1. The van der Waals surface area contributed by atoms with Crippen LogP contribution in [-0.4, -0.2) is 24.1 Å². The van der Waals surface area contributed by atoms with Crippen molar-refractivity contribution in [3.63, 3.8) is 0 Å². The normalized spacial score (nSPS) is 31.2. The number of hydrogen-bond donors (Lipinski definition) is 1. The smallest absolute Gasteiger partial charge is 0.230 e. The molecule has 3 rings (SSSR count). The molecule has 0 aromatic heterocycles. The maximum Gasteiger partial charge on any atom is 0.230 e. The van der Waals surface area contributed by atoms with E-state index in [1.165, 1.54) is 0 Å². The number of amides is 1. The van der Waals surface area contributed by atoms with Crippen LogP contribution in [0, 0.1) is 11.8 Å². The van der Waals surface area contributed by atoms with Crippen molar-refractivity contribution < 1.29 is 19.4 Å². The van der Waals surface area contributed by atoms with Crippen molar-refractivity contribution in [2.45, 2.75) is 25.0 Å². The van der Waals surface area contributed by atoms with E-state index in [0.717, 1.165) is 0 Å². The molecular weight excluding hydrogens is 282 g/mol. The average molecular weight is 295 g/mol. The molecule has 2 fully saturated rings. The number of carboxylic acids is 1. The van der Waals surface area contributed by atoms with Crippen LogP contribution in [0.5, 0.6) is 0 Å². The molecule has 0 aliphatic carbocycles. The lowest BCUT2D eigenvalue weighted by Crippen LogP contribution is -2.46. The van der Waals surface area contributed by atoms with Crippen molar-refractivity contribution in [1.82, 2.24) is 0 Å². The number of halogens is 1. The highest BCUT2D eigenvalue weighted by Crippen LogP contribution is 2.43. The second-order valence-corrected chi connectivity index (χ2v) is 5.59. The largest absolute Gasteiger partial charge is 0.550 e. The second kappa shape index (κ2) is 5.07. The fourth-order valence-corrected chi connectivity index (χ4v) is 3.20. The second-order valence-electron chi connectivity index (χ2n) is 5.16. The van der Waals surface area contributed by atoms with Crippen LogP contribution in [0.3, 0.4) is 0 Å². The lowest BCUT2D eigenvalue weighted by Gasteiger charge is -2.27. The Morgan fingerprint density at radius 2 is 1.75 bits per heavy atom. The van der Waals surface area contributed by atoms with Crippen LogP contribution in [0.4, 0.5) is 5.69 Å². The molecule has 0 unspecified atom stereocenters. The lowest BCUT2D eigenvalue weighted by molar-refractivity contribution is -0.313. The summed E-state index contributed by atoms with van der Waals surface area (Å²) in [6.07, 6.45) is 0.669. The summed E-state index contributed by atoms with van der Waals surface area (Å²) < 4.78 is 5.53. The fourth-order valence-electron chi connectivity index (χ4n) is 3.07. The molecule has 1 aromatic rings. The quantitative estimate of drug-likeness (QED) is 0.895. The Bertz CT molecular complexity index is 545. The van der Waals surface area contributed by atoms with Crippen LogP contribution >= 0.6 is 11.6 Å².